The lowest BCUT2D eigenvalue weighted by Crippen LogP contribution is -2.32. The average molecular weight is 156 g/mol. The Kier molecular flexibility index (Phi) is 4.83. The largest absolute Gasteiger partial charge is 0.393 e. The van der Waals surface area contributed by atoms with Gasteiger partial charge in [-0.25, -0.2) is 0 Å². The molecule has 0 unspecified atom stereocenters. The van der Waals surface area contributed by atoms with Crippen molar-refractivity contribution in [3.05, 3.63) is 25.3 Å². The number of ether oxygens (including phenoxy) is 1. The zero-order valence-corrected chi connectivity index (χ0v) is 7.05. The maximum atomic E-state index is 8.94. The summed E-state index contributed by atoms with van der Waals surface area (Å²) < 4.78 is 5.33. The van der Waals surface area contributed by atoms with Gasteiger partial charge in [0, 0.05) is 0 Å². The van der Waals surface area contributed by atoms with Gasteiger partial charge >= 0.3 is 0 Å². The van der Waals surface area contributed by atoms with E-state index in [1.165, 1.54) is 0 Å². The Morgan fingerprint density at radius 1 is 1.45 bits per heavy atom. The summed E-state index contributed by atoms with van der Waals surface area (Å²) in [6, 6.07) is 0. The molecule has 0 rings (SSSR count). The number of rotatable bonds is 6. The van der Waals surface area contributed by atoms with Gasteiger partial charge in [0.15, 0.2) is 0 Å². The highest BCUT2D eigenvalue weighted by Gasteiger charge is 2.21. The van der Waals surface area contributed by atoms with E-state index in [1.54, 1.807) is 12.2 Å². The first-order valence-corrected chi connectivity index (χ1v) is 3.65. The Morgan fingerprint density at radius 3 is 2.45 bits per heavy atom. The molecule has 0 saturated carbocycles. The fraction of sp³-hybridized carbons (Fsp3) is 0.556. The van der Waals surface area contributed by atoms with Crippen LogP contribution >= 0.6 is 0 Å². The summed E-state index contributed by atoms with van der Waals surface area (Å²) in [6.07, 6.45) is 4.05. The monoisotopic (exact) mass is 156 g/mol. The molecule has 0 radical (unpaired) electrons. The van der Waals surface area contributed by atoms with Crippen LogP contribution in [0.15, 0.2) is 25.3 Å². The fourth-order valence-electron chi connectivity index (χ4n) is 0.735. The lowest BCUT2D eigenvalue weighted by Gasteiger charge is -2.25. The van der Waals surface area contributed by atoms with Crippen molar-refractivity contribution in [3.63, 3.8) is 0 Å². The molecule has 0 aliphatic carbocycles. The quantitative estimate of drug-likeness (QED) is 0.591. The standard InChI is InChI=1S/C9H16O2/c1-4-6-9(3,8-10)11-7-5-2/h4-5,10H,1-2,6-8H2,3H3/t9-/m0/s1. The Labute approximate surface area is 68.2 Å². The van der Waals surface area contributed by atoms with Crippen LogP contribution in [-0.4, -0.2) is 23.9 Å². The number of hydrogen-bond donors (Lipinski definition) is 1. The minimum Gasteiger partial charge on any atom is -0.393 e. The SMILES string of the molecule is C=CCO[C@](C)(CO)CC=C. The molecule has 64 valence electrons. The first-order chi connectivity index (χ1) is 5.18. The van der Waals surface area contributed by atoms with Crippen LogP contribution in [0, 0.1) is 0 Å². The highest BCUT2D eigenvalue weighted by molar-refractivity contribution is 4.85. The first kappa shape index (κ1) is 10.4. The number of hydrogen-bond acceptors (Lipinski definition) is 2. The maximum Gasteiger partial charge on any atom is 0.0922 e. The summed E-state index contributed by atoms with van der Waals surface area (Å²) in [4.78, 5) is 0. The summed E-state index contributed by atoms with van der Waals surface area (Å²) in [5.74, 6) is 0. The average Bonchev–Trinajstić information content (AvgIpc) is 2.02. The Morgan fingerprint density at radius 2 is 2.09 bits per heavy atom. The van der Waals surface area contributed by atoms with E-state index in [4.69, 9.17) is 9.84 Å². The minimum atomic E-state index is -0.490. The Bertz CT molecular complexity index is 132. The topological polar surface area (TPSA) is 29.5 Å². The van der Waals surface area contributed by atoms with Crippen molar-refractivity contribution >= 4 is 0 Å². The number of aliphatic hydroxyl groups excluding tert-OH is 1. The van der Waals surface area contributed by atoms with Crippen molar-refractivity contribution in [1.29, 1.82) is 0 Å². The third kappa shape index (κ3) is 3.96. The van der Waals surface area contributed by atoms with Gasteiger partial charge in [-0.1, -0.05) is 12.2 Å². The normalized spacial score (nSPS) is 15.5. The zero-order chi connectivity index (χ0) is 8.74. The summed E-state index contributed by atoms with van der Waals surface area (Å²) >= 11 is 0. The van der Waals surface area contributed by atoms with E-state index in [2.05, 4.69) is 13.2 Å². The van der Waals surface area contributed by atoms with Crippen molar-refractivity contribution in [3.8, 4) is 0 Å². The third-order valence-electron chi connectivity index (χ3n) is 1.46. The van der Waals surface area contributed by atoms with Crippen molar-refractivity contribution < 1.29 is 9.84 Å². The van der Waals surface area contributed by atoms with Gasteiger partial charge in [-0.15, -0.1) is 13.2 Å². The molecular weight excluding hydrogens is 140 g/mol. The van der Waals surface area contributed by atoms with Gasteiger partial charge in [-0.05, 0) is 13.3 Å². The van der Waals surface area contributed by atoms with Crippen LogP contribution in [0.4, 0.5) is 0 Å². The molecule has 0 aromatic heterocycles. The Balaban J connectivity index is 3.86. The van der Waals surface area contributed by atoms with Gasteiger partial charge < -0.3 is 9.84 Å². The van der Waals surface area contributed by atoms with Crippen LogP contribution in [0.5, 0.6) is 0 Å². The van der Waals surface area contributed by atoms with Crippen molar-refractivity contribution in [2.24, 2.45) is 0 Å². The van der Waals surface area contributed by atoms with Crippen LogP contribution in [-0.2, 0) is 4.74 Å². The lowest BCUT2D eigenvalue weighted by molar-refractivity contribution is -0.0521. The summed E-state index contributed by atoms with van der Waals surface area (Å²) in [6.45, 7) is 9.43. The Hall–Kier alpha value is -0.600. The van der Waals surface area contributed by atoms with Crippen LogP contribution < -0.4 is 0 Å². The summed E-state index contributed by atoms with van der Waals surface area (Å²) in [7, 11) is 0. The third-order valence-corrected chi connectivity index (χ3v) is 1.46. The van der Waals surface area contributed by atoms with E-state index < -0.39 is 5.60 Å². The molecule has 0 spiro atoms. The second-order valence-electron chi connectivity index (χ2n) is 2.70. The van der Waals surface area contributed by atoms with E-state index in [9.17, 15) is 0 Å². The number of aliphatic hydroxyl groups is 1. The molecule has 1 N–H and O–H groups in total. The molecule has 0 amide bonds. The second kappa shape index (κ2) is 5.10. The maximum absolute atomic E-state index is 8.94. The molecule has 0 aliphatic heterocycles. The van der Waals surface area contributed by atoms with Crippen LogP contribution in [0.3, 0.4) is 0 Å². The molecular formula is C9H16O2. The van der Waals surface area contributed by atoms with Crippen LogP contribution in [0.1, 0.15) is 13.3 Å². The van der Waals surface area contributed by atoms with E-state index in [0.29, 0.717) is 13.0 Å². The van der Waals surface area contributed by atoms with Gasteiger partial charge in [0.1, 0.15) is 0 Å². The highest BCUT2D eigenvalue weighted by atomic mass is 16.5. The smallest absolute Gasteiger partial charge is 0.0922 e. The molecule has 0 heterocycles. The predicted molar refractivity (Wildman–Crippen MR) is 46.5 cm³/mol. The minimum absolute atomic E-state index is 0.00681. The molecule has 1 atom stereocenters. The van der Waals surface area contributed by atoms with E-state index in [0.717, 1.165) is 0 Å². The second-order valence-corrected chi connectivity index (χ2v) is 2.70. The highest BCUT2D eigenvalue weighted by Crippen LogP contribution is 2.14. The fourth-order valence-corrected chi connectivity index (χ4v) is 0.735. The first-order valence-electron chi connectivity index (χ1n) is 3.65. The van der Waals surface area contributed by atoms with Gasteiger partial charge in [0.2, 0.25) is 0 Å². The molecule has 0 saturated heterocycles. The predicted octanol–water partition coefficient (Wildman–Crippen LogP) is 1.52. The molecule has 0 aromatic rings. The molecule has 0 aliphatic rings. The van der Waals surface area contributed by atoms with Crippen molar-refractivity contribution in [1.82, 2.24) is 0 Å². The van der Waals surface area contributed by atoms with Crippen LogP contribution in [0.2, 0.25) is 0 Å². The zero-order valence-electron chi connectivity index (χ0n) is 7.05. The summed E-state index contributed by atoms with van der Waals surface area (Å²) in [5.41, 5.74) is -0.490. The molecule has 2 nitrogen and oxygen atoms in total. The van der Waals surface area contributed by atoms with Gasteiger partial charge in [0.25, 0.3) is 0 Å². The van der Waals surface area contributed by atoms with Crippen molar-refractivity contribution in [2.45, 2.75) is 18.9 Å². The molecule has 11 heavy (non-hydrogen) atoms. The molecule has 0 aromatic carbocycles. The van der Waals surface area contributed by atoms with Gasteiger partial charge in [-0.3, -0.25) is 0 Å². The van der Waals surface area contributed by atoms with Gasteiger partial charge in [0.05, 0.1) is 18.8 Å². The molecule has 0 bridgehead atoms. The van der Waals surface area contributed by atoms with E-state index >= 15 is 0 Å². The van der Waals surface area contributed by atoms with Crippen LogP contribution in [0.25, 0.3) is 0 Å². The summed E-state index contributed by atoms with van der Waals surface area (Å²) in [5, 5.41) is 8.94. The lowest BCUT2D eigenvalue weighted by atomic mass is 10.0. The van der Waals surface area contributed by atoms with E-state index in [1.807, 2.05) is 6.92 Å². The van der Waals surface area contributed by atoms with E-state index in [-0.39, 0.29) is 6.61 Å². The molecule has 2 heteroatoms. The molecule has 0 fully saturated rings. The van der Waals surface area contributed by atoms with Crippen molar-refractivity contribution in [2.75, 3.05) is 13.2 Å². The van der Waals surface area contributed by atoms with Gasteiger partial charge in [-0.2, -0.15) is 0 Å².